The molecule has 3 rings (SSSR count). The van der Waals surface area contributed by atoms with E-state index in [1.807, 2.05) is 0 Å². The zero-order valence-electron chi connectivity index (χ0n) is 18.1. The van der Waals surface area contributed by atoms with E-state index in [2.05, 4.69) is 85.6 Å². The van der Waals surface area contributed by atoms with Crippen LogP contribution in [0.1, 0.15) is 58.4 Å². The van der Waals surface area contributed by atoms with Crippen LogP contribution in [0.2, 0.25) is 0 Å². The molecule has 0 unspecified atom stereocenters. The van der Waals surface area contributed by atoms with Crippen LogP contribution in [0.5, 0.6) is 0 Å². The Labute approximate surface area is 172 Å². The van der Waals surface area contributed by atoms with Crippen molar-refractivity contribution >= 4 is 0 Å². The third kappa shape index (κ3) is 5.46. The van der Waals surface area contributed by atoms with Crippen molar-refractivity contribution in [2.24, 2.45) is 5.41 Å². The number of nitrogens with zero attached hydrogens (tertiary/aromatic N) is 1. The van der Waals surface area contributed by atoms with Crippen molar-refractivity contribution in [1.82, 2.24) is 10.2 Å². The summed E-state index contributed by atoms with van der Waals surface area (Å²) in [6, 6.07) is 20.5. The van der Waals surface area contributed by atoms with Gasteiger partial charge < -0.3 is 5.32 Å². The highest BCUT2D eigenvalue weighted by atomic mass is 15.2. The zero-order chi connectivity index (χ0) is 19.8. The Kier molecular flexibility index (Phi) is 7.70. The molecule has 0 atom stereocenters. The quantitative estimate of drug-likeness (QED) is 0.565. The number of hydrogen-bond donors (Lipinski definition) is 1. The Morgan fingerprint density at radius 2 is 1.57 bits per heavy atom. The largest absolute Gasteiger partial charge is 0.317 e. The summed E-state index contributed by atoms with van der Waals surface area (Å²) in [6.45, 7) is 11.7. The Morgan fingerprint density at radius 1 is 0.929 bits per heavy atom. The van der Waals surface area contributed by atoms with E-state index >= 15 is 0 Å². The van der Waals surface area contributed by atoms with Gasteiger partial charge in [0.25, 0.3) is 0 Å². The first kappa shape index (κ1) is 21.1. The summed E-state index contributed by atoms with van der Waals surface area (Å²) >= 11 is 0. The van der Waals surface area contributed by atoms with Gasteiger partial charge in [-0.1, -0.05) is 88.2 Å². The van der Waals surface area contributed by atoms with Gasteiger partial charge in [0.1, 0.15) is 0 Å². The van der Waals surface area contributed by atoms with E-state index in [4.69, 9.17) is 0 Å². The minimum absolute atomic E-state index is 0.462. The van der Waals surface area contributed by atoms with Crippen LogP contribution in [-0.2, 0) is 6.54 Å². The van der Waals surface area contributed by atoms with E-state index < -0.39 is 0 Å². The highest BCUT2D eigenvalue weighted by Gasteiger charge is 2.26. The van der Waals surface area contributed by atoms with Gasteiger partial charge in [-0.05, 0) is 61.0 Å². The van der Waals surface area contributed by atoms with E-state index in [1.54, 1.807) is 0 Å². The second-order valence-corrected chi connectivity index (χ2v) is 8.74. The summed E-state index contributed by atoms with van der Waals surface area (Å²) in [6.07, 6.45) is 6.36. The summed E-state index contributed by atoms with van der Waals surface area (Å²) < 4.78 is 0. The topological polar surface area (TPSA) is 15.3 Å². The van der Waals surface area contributed by atoms with Gasteiger partial charge in [0.2, 0.25) is 0 Å². The van der Waals surface area contributed by atoms with Crippen LogP contribution in [0, 0.1) is 5.41 Å². The van der Waals surface area contributed by atoms with Crippen LogP contribution in [-0.4, -0.2) is 30.6 Å². The van der Waals surface area contributed by atoms with E-state index in [9.17, 15) is 0 Å². The van der Waals surface area contributed by atoms with Crippen LogP contribution in [0.25, 0.3) is 11.1 Å². The average molecular weight is 379 g/mol. The third-order valence-electron chi connectivity index (χ3n) is 7.01. The molecule has 0 amide bonds. The minimum Gasteiger partial charge on any atom is -0.317 e. The van der Waals surface area contributed by atoms with Crippen LogP contribution < -0.4 is 5.32 Å². The number of benzene rings is 2. The van der Waals surface area contributed by atoms with Gasteiger partial charge in [0, 0.05) is 12.6 Å². The summed E-state index contributed by atoms with van der Waals surface area (Å²) in [4.78, 5) is 2.78. The number of piperidine rings is 1. The molecule has 0 aliphatic carbocycles. The van der Waals surface area contributed by atoms with Gasteiger partial charge >= 0.3 is 0 Å². The second kappa shape index (κ2) is 10.2. The van der Waals surface area contributed by atoms with Gasteiger partial charge in [-0.25, -0.2) is 0 Å². The van der Waals surface area contributed by atoms with Gasteiger partial charge in [-0.2, -0.15) is 0 Å². The van der Waals surface area contributed by atoms with Crippen LogP contribution in [0.3, 0.4) is 0 Å². The summed E-state index contributed by atoms with van der Waals surface area (Å²) in [5.74, 6) is 0. The van der Waals surface area contributed by atoms with Crippen molar-refractivity contribution in [3.63, 3.8) is 0 Å². The first-order valence-electron chi connectivity index (χ1n) is 11.2. The molecule has 152 valence electrons. The van der Waals surface area contributed by atoms with Crippen LogP contribution in [0.15, 0.2) is 54.6 Å². The van der Waals surface area contributed by atoms with Crippen LogP contribution >= 0.6 is 0 Å². The van der Waals surface area contributed by atoms with Gasteiger partial charge in [-0.15, -0.1) is 0 Å². The summed E-state index contributed by atoms with van der Waals surface area (Å²) in [5, 5.41) is 3.54. The van der Waals surface area contributed by atoms with Crippen molar-refractivity contribution < 1.29 is 0 Å². The maximum atomic E-state index is 3.54. The molecular formula is C26H38N2. The molecular weight excluding hydrogens is 340 g/mol. The fourth-order valence-electron chi connectivity index (χ4n) is 4.36. The molecule has 2 aromatic rings. The predicted octanol–water partition coefficient (Wildman–Crippen LogP) is 6.12. The minimum atomic E-state index is 0.462. The Hall–Kier alpha value is -1.64. The highest BCUT2D eigenvalue weighted by Crippen LogP contribution is 2.32. The average Bonchev–Trinajstić information content (AvgIpc) is 2.78. The molecule has 1 aliphatic rings. The van der Waals surface area contributed by atoms with Crippen molar-refractivity contribution in [2.45, 2.75) is 65.5 Å². The Bertz CT molecular complexity index is 699. The normalized spacial score (nSPS) is 15.9. The maximum Gasteiger partial charge on any atom is 0.0242 e. The number of nitrogens with one attached hydrogen (secondary N) is 1. The van der Waals surface area contributed by atoms with E-state index in [0.717, 1.165) is 19.6 Å². The Balaban J connectivity index is 1.81. The molecule has 1 fully saturated rings. The molecule has 28 heavy (non-hydrogen) atoms. The highest BCUT2D eigenvalue weighted by molar-refractivity contribution is 5.67. The molecule has 0 aromatic heterocycles. The number of rotatable bonds is 9. The van der Waals surface area contributed by atoms with E-state index in [-0.39, 0.29) is 0 Å². The van der Waals surface area contributed by atoms with Crippen LogP contribution in [0.4, 0.5) is 0 Å². The van der Waals surface area contributed by atoms with Crippen molar-refractivity contribution in [3.8, 4) is 11.1 Å². The molecule has 1 heterocycles. The third-order valence-corrected chi connectivity index (χ3v) is 7.01. The smallest absolute Gasteiger partial charge is 0.0242 e. The van der Waals surface area contributed by atoms with Gasteiger partial charge in [0.05, 0.1) is 0 Å². The van der Waals surface area contributed by atoms with Gasteiger partial charge in [0.15, 0.2) is 0 Å². The first-order chi connectivity index (χ1) is 13.6. The SMILES string of the molecule is CCC(C)(CC)CCN(Cc1ccccc1-c1ccccc1)C1CCNCC1. The van der Waals surface area contributed by atoms with Crippen molar-refractivity contribution in [2.75, 3.05) is 19.6 Å². The molecule has 2 heteroatoms. The molecule has 0 spiro atoms. The lowest BCUT2D eigenvalue weighted by Gasteiger charge is -2.38. The van der Waals surface area contributed by atoms with E-state index in [0.29, 0.717) is 11.5 Å². The Morgan fingerprint density at radius 3 is 2.25 bits per heavy atom. The molecule has 0 bridgehead atoms. The fraction of sp³-hybridized carbons (Fsp3) is 0.538. The second-order valence-electron chi connectivity index (χ2n) is 8.74. The molecule has 2 aromatic carbocycles. The monoisotopic (exact) mass is 378 g/mol. The van der Waals surface area contributed by atoms with Crippen molar-refractivity contribution in [1.29, 1.82) is 0 Å². The molecule has 0 radical (unpaired) electrons. The van der Waals surface area contributed by atoms with Gasteiger partial charge in [-0.3, -0.25) is 4.90 Å². The molecule has 2 nitrogen and oxygen atoms in total. The summed E-state index contributed by atoms with van der Waals surface area (Å²) in [5.41, 5.74) is 4.64. The predicted molar refractivity (Wildman–Crippen MR) is 121 cm³/mol. The lowest BCUT2D eigenvalue weighted by atomic mass is 9.81. The first-order valence-corrected chi connectivity index (χ1v) is 11.2. The van der Waals surface area contributed by atoms with E-state index in [1.165, 1.54) is 55.3 Å². The maximum absolute atomic E-state index is 3.54. The molecule has 1 aliphatic heterocycles. The lowest BCUT2D eigenvalue weighted by molar-refractivity contribution is 0.123. The lowest BCUT2D eigenvalue weighted by Crippen LogP contribution is -2.44. The van der Waals surface area contributed by atoms with Crippen molar-refractivity contribution in [3.05, 3.63) is 60.2 Å². The zero-order valence-corrected chi connectivity index (χ0v) is 18.1. The fourth-order valence-corrected chi connectivity index (χ4v) is 4.36. The molecule has 1 saturated heterocycles. The summed E-state index contributed by atoms with van der Waals surface area (Å²) in [7, 11) is 0. The molecule has 0 saturated carbocycles. The molecule has 1 N–H and O–H groups in total. The number of hydrogen-bond acceptors (Lipinski definition) is 2. The standard InChI is InChI=1S/C26H38N2/c1-4-26(3,5-2)17-20-28(24-15-18-27-19-16-24)21-23-13-9-10-14-25(23)22-11-7-6-8-12-22/h6-14,24,27H,4-5,15-21H2,1-3H3.